The number of thiophene rings is 1. The summed E-state index contributed by atoms with van der Waals surface area (Å²) in [6.45, 7) is 7.20. The molecule has 0 bridgehead atoms. The van der Waals surface area contributed by atoms with Gasteiger partial charge in [-0.15, -0.1) is 11.3 Å². The Morgan fingerprint density at radius 3 is 2.34 bits per heavy atom. The third-order valence-corrected chi connectivity index (χ3v) is 7.11. The minimum Gasteiger partial charge on any atom is -0.427 e. The molecule has 0 fully saturated rings. The minimum atomic E-state index is -0.966. The van der Waals surface area contributed by atoms with E-state index in [9.17, 15) is 5.11 Å². The second-order valence-electron chi connectivity index (χ2n) is 8.35. The SMILES string of the molecule is CC(C)(O)C(C)(C)O[B]c1ccc(-c2ccc3sc4ccccc4c3c2)c(Cl)c1. The molecule has 1 heterocycles. The molecule has 0 spiro atoms. The molecular weight excluding hydrogens is 399 g/mol. The summed E-state index contributed by atoms with van der Waals surface area (Å²) in [6, 6.07) is 20.9. The predicted octanol–water partition coefficient (Wildman–Crippen LogP) is 6.19. The number of aliphatic hydroxyl groups is 1. The summed E-state index contributed by atoms with van der Waals surface area (Å²) in [5.74, 6) is 0. The topological polar surface area (TPSA) is 29.5 Å². The van der Waals surface area contributed by atoms with Crippen LogP contribution in [0.4, 0.5) is 0 Å². The molecule has 0 atom stereocenters. The second kappa shape index (κ2) is 7.44. The molecule has 29 heavy (non-hydrogen) atoms. The van der Waals surface area contributed by atoms with Crippen molar-refractivity contribution in [2.75, 3.05) is 0 Å². The van der Waals surface area contributed by atoms with Crippen molar-refractivity contribution in [3.8, 4) is 11.1 Å². The van der Waals surface area contributed by atoms with Crippen molar-refractivity contribution < 1.29 is 9.76 Å². The van der Waals surface area contributed by atoms with Crippen LogP contribution in [-0.2, 0) is 4.65 Å². The standard InChI is InChI=1S/C24H23BClO2S/c1-23(2,27)24(3,4)28-25-16-10-11-17(20(26)14-16)15-9-12-22-19(13-15)18-7-5-6-8-21(18)29-22/h5-14,27H,1-4H3. The normalized spacial score (nSPS) is 12.6. The molecule has 5 heteroatoms. The minimum absolute atomic E-state index is 0.669. The lowest BCUT2D eigenvalue weighted by atomic mass is 9.82. The van der Waals surface area contributed by atoms with Crippen LogP contribution in [0, 0.1) is 0 Å². The Labute approximate surface area is 181 Å². The fourth-order valence-electron chi connectivity index (χ4n) is 3.09. The van der Waals surface area contributed by atoms with Crippen LogP contribution < -0.4 is 5.46 Å². The van der Waals surface area contributed by atoms with Gasteiger partial charge < -0.3 is 9.76 Å². The van der Waals surface area contributed by atoms with Crippen molar-refractivity contribution in [1.82, 2.24) is 0 Å². The largest absolute Gasteiger partial charge is 0.427 e. The maximum absolute atomic E-state index is 10.2. The molecule has 3 aromatic carbocycles. The zero-order chi connectivity index (χ0) is 20.8. The quantitative estimate of drug-likeness (QED) is 0.390. The van der Waals surface area contributed by atoms with Gasteiger partial charge in [-0.3, -0.25) is 0 Å². The van der Waals surface area contributed by atoms with E-state index in [1.54, 1.807) is 21.3 Å². The van der Waals surface area contributed by atoms with Crippen molar-refractivity contribution in [3.05, 3.63) is 65.7 Å². The summed E-state index contributed by atoms with van der Waals surface area (Å²) in [6.07, 6.45) is 0. The zero-order valence-corrected chi connectivity index (χ0v) is 18.6. The number of hydrogen-bond donors (Lipinski definition) is 1. The number of rotatable bonds is 5. The lowest BCUT2D eigenvalue weighted by Gasteiger charge is -2.37. The van der Waals surface area contributed by atoms with Crippen molar-refractivity contribution in [1.29, 1.82) is 0 Å². The van der Waals surface area contributed by atoms with Gasteiger partial charge in [0.1, 0.15) is 0 Å². The highest BCUT2D eigenvalue weighted by Crippen LogP contribution is 2.37. The highest BCUT2D eigenvalue weighted by atomic mass is 35.5. The van der Waals surface area contributed by atoms with Crippen molar-refractivity contribution in [2.45, 2.75) is 38.9 Å². The van der Waals surface area contributed by atoms with Gasteiger partial charge in [-0.1, -0.05) is 53.5 Å². The highest BCUT2D eigenvalue weighted by molar-refractivity contribution is 7.25. The van der Waals surface area contributed by atoms with Crippen LogP contribution in [0.25, 0.3) is 31.3 Å². The summed E-state index contributed by atoms with van der Waals surface area (Å²) in [5.41, 5.74) is 1.26. The summed E-state index contributed by atoms with van der Waals surface area (Å²) < 4.78 is 8.41. The Morgan fingerprint density at radius 2 is 1.62 bits per heavy atom. The number of halogens is 1. The van der Waals surface area contributed by atoms with Crippen LogP contribution in [0.3, 0.4) is 0 Å². The Balaban J connectivity index is 1.63. The fourth-order valence-corrected chi connectivity index (χ4v) is 4.48. The van der Waals surface area contributed by atoms with E-state index in [0.717, 1.165) is 16.6 Å². The van der Waals surface area contributed by atoms with Gasteiger partial charge in [-0.2, -0.15) is 0 Å². The van der Waals surface area contributed by atoms with Gasteiger partial charge in [-0.25, -0.2) is 0 Å². The van der Waals surface area contributed by atoms with Gasteiger partial charge in [0, 0.05) is 30.8 Å². The maximum Gasteiger partial charge on any atom is 0.330 e. The van der Waals surface area contributed by atoms with Crippen molar-refractivity contribution in [2.24, 2.45) is 0 Å². The third-order valence-electron chi connectivity index (χ3n) is 5.64. The lowest BCUT2D eigenvalue weighted by molar-refractivity contribution is -0.0893. The number of hydrogen-bond acceptors (Lipinski definition) is 3. The highest BCUT2D eigenvalue weighted by Gasteiger charge is 2.35. The third kappa shape index (κ3) is 3.95. The zero-order valence-electron chi connectivity index (χ0n) is 17.0. The molecular formula is C24H23BClO2S. The first-order valence-corrected chi connectivity index (χ1v) is 10.8. The average molecular weight is 422 g/mol. The predicted molar refractivity (Wildman–Crippen MR) is 127 cm³/mol. The van der Waals surface area contributed by atoms with E-state index in [-0.39, 0.29) is 0 Å². The molecule has 0 saturated carbocycles. The van der Waals surface area contributed by atoms with Gasteiger partial charge in [-0.05, 0) is 57.5 Å². The Kier molecular flexibility index (Phi) is 5.24. The molecule has 0 aliphatic heterocycles. The first kappa shape index (κ1) is 20.4. The molecule has 0 amide bonds. The monoisotopic (exact) mass is 421 g/mol. The van der Waals surface area contributed by atoms with Crippen LogP contribution >= 0.6 is 22.9 Å². The van der Waals surface area contributed by atoms with E-state index in [1.165, 1.54) is 20.2 Å². The number of benzene rings is 3. The summed E-state index contributed by atoms with van der Waals surface area (Å²) >= 11 is 8.43. The fraction of sp³-hybridized carbons (Fsp3) is 0.250. The molecule has 4 rings (SSSR count). The smallest absolute Gasteiger partial charge is 0.330 e. The van der Waals surface area contributed by atoms with E-state index in [1.807, 2.05) is 43.4 Å². The summed E-state index contributed by atoms with van der Waals surface area (Å²) in [7, 11) is 1.66. The number of fused-ring (bicyclic) bond motifs is 3. The van der Waals surface area contributed by atoms with Crippen LogP contribution in [0.5, 0.6) is 0 Å². The Morgan fingerprint density at radius 1 is 0.897 bits per heavy atom. The van der Waals surface area contributed by atoms with E-state index < -0.39 is 11.2 Å². The molecule has 0 aliphatic rings. The summed E-state index contributed by atoms with van der Waals surface area (Å²) in [4.78, 5) is 0. The molecule has 147 valence electrons. The first-order valence-electron chi connectivity index (χ1n) is 9.60. The van der Waals surface area contributed by atoms with Crippen LogP contribution in [0.15, 0.2) is 60.7 Å². The Bertz CT molecular complexity index is 1190. The first-order chi connectivity index (χ1) is 13.7. The van der Waals surface area contributed by atoms with Crippen LogP contribution in [0.2, 0.25) is 5.02 Å². The van der Waals surface area contributed by atoms with E-state index in [4.69, 9.17) is 16.3 Å². The van der Waals surface area contributed by atoms with Crippen molar-refractivity contribution >= 4 is 56.1 Å². The van der Waals surface area contributed by atoms with E-state index in [0.29, 0.717) is 5.02 Å². The molecule has 4 aromatic rings. The maximum atomic E-state index is 10.2. The molecule has 0 saturated heterocycles. The molecule has 2 nitrogen and oxygen atoms in total. The molecule has 1 aromatic heterocycles. The molecule has 1 radical (unpaired) electrons. The van der Waals surface area contributed by atoms with Crippen molar-refractivity contribution in [3.63, 3.8) is 0 Å². The lowest BCUT2D eigenvalue weighted by Crippen LogP contribution is -2.49. The van der Waals surface area contributed by atoms with E-state index >= 15 is 0 Å². The molecule has 0 unspecified atom stereocenters. The van der Waals surface area contributed by atoms with Gasteiger partial charge in [0.25, 0.3) is 0 Å². The molecule has 0 aliphatic carbocycles. The Hall–Kier alpha value is -1.85. The van der Waals surface area contributed by atoms with Gasteiger partial charge >= 0.3 is 7.48 Å². The summed E-state index contributed by atoms with van der Waals surface area (Å²) in [5, 5.41) is 13.4. The van der Waals surface area contributed by atoms with Crippen LogP contribution in [-0.4, -0.2) is 23.8 Å². The second-order valence-corrected chi connectivity index (χ2v) is 9.84. The van der Waals surface area contributed by atoms with E-state index in [2.05, 4.69) is 42.5 Å². The van der Waals surface area contributed by atoms with Gasteiger partial charge in [0.15, 0.2) is 0 Å². The average Bonchev–Trinajstić information content (AvgIpc) is 3.03. The van der Waals surface area contributed by atoms with Gasteiger partial charge in [0.05, 0.1) is 11.2 Å². The molecule has 1 N–H and O–H groups in total. The van der Waals surface area contributed by atoms with Gasteiger partial charge in [0.2, 0.25) is 0 Å². The van der Waals surface area contributed by atoms with Crippen LogP contribution in [0.1, 0.15) is 27.7 Å².